The Balaban J connectivity index is 0.00000280. The van der Waals surface area contributed by atoms with Crippen LogP contribution in [-0.2, 0) is 19.7 Å². The summed E-state index contributed by atoms with van der Waals surface area (Å²) in [6, 6.07) is 17.7. The van der Waals surface area contributed by atoms with Crippen molar-refractivity contribution in [1.82, 2.24) is 10.3 Å². The molecule has 0 amide bonds. The molecule has 1 N–H and O–H groups in total. The highest BCUT2D eigenvalue weighted by atomic mass is 35.5. The van der Waals surface area contributed by atoms with Gasteiger partial charge in [-0.25, -0.2) is 0 Å². The number of ether oxygens (including phenoxy) is 2. The quantitative estimate of drug-likeness (QED) is 0.578. The van der Waals surface area contributed by atoms with Crippen molar-refractivity contribution in [2.75, 3.05) is 6.61 Å². The molecule has 148 valence electrons. The molecule has 0 unspecified atom stereocenters. The molecule has 0 saturated heterocycles. The maximum absolute atomic E-state index is 5.95. The summed E-state index contributed by atoms with van der Waals surface area (Å²) in [5, 5.41) is 4.14. The summed E-state index contributed by atoms with van der Waals surface area (Å²) in [7, 11) is 0. The van der Waals surface area contributed by atoms with Crippen LogP contribution >= 0.6 is 11.6 Å². The van der Waals surface area contributed by atoms with Gasteiger partial charge in [-0.05, 0) is 53.9 Å². The molecule has 6 heteroatoms. The first kappa shape index (κ1) is 22.0. The predicted octanol–water partition coefficient (Wildman–Crippen LogP) is 2.01. The highest BCUT2D eigenvalue weighted by molar-refractivity contribution is 6.30. The van der Waals surface area contributed by atoms with Crippen molar-refractivity contribution in [3.8, 4) is 11.5 Å². The second-order valence-electron chi connectivity index (χ2n) is 6.09. The number of rotatable bonds is 9. The van der Waals surface area contributed by atoms with E-state index in [0.717, 1.165) is 46.3 Å². The van der Waals surface area contributed by atoms with Crippen molar-refractivity contribution in [2.45, 2.75) is 26.6 Å². The standard InChI is InChI=1S/C22H23ClN2O2.ClH/c1-2-26-22-12-18(13-25-15-19-4-3-11-24-14-19)7-10-21(22)27-16-17-5-8-20(23)9-6-17;/h3-12,14,25H,2,13,15-16H2,1H3;1H/p-1. The number of pyridine rings is 1. The van der Waals surface area contributed by atoms with Gasteiger partial charge in [0, 0.05) is 30.5 Å². The van der Waals surface area contributed by atoms with Crippen LogP contribution in [0, 0.1) is 0 Å². The summed E-state index contributed by atoms with van der Waals surface area (Å²) >= 11 is 5.92. The molecular formula is C22H23Cl2N2O2-. The van der Waals surface area contributed by atoms with Crippen LogP contribution in [0.3, 0.4) is 0 Å². The van der Waals surface area contributed by atoms with Crippen molar-refractivity contribution < 1.29 is 21.9 Å². The molecule has 1 aromatic heterocycles. The van der Waals surface area contributed by atoms with Gasteiger partial charge in [0.15, 0.2) is 11.5 Å². The van der Waals surface area contributed by atoms with Crippen molar-refractivity contribution in [3.05, 3.63) is 88.7 Å². The third kappa shape index (κ3) is 6.71. The zero-order chi connectivity index (χ0) is 18.9. The summed E-state index contributed by atoms with van der Waals surface area (Å²) in [5.41, 5.74) is 3.36. The number of nitrogens with one attached hydrogen (secondary N) is 1. The van der Waals surface area contributed by atoms with Gasteiger partial charge in [0.2, 0.25) is 0 Å². The van der Waals surface area contributed by atoms with E-state index in [2.05, 4.69) is 22.4 Å². The van der Waals surface area contributed by atoms with Crippen LogP contribution in [0.15, 0.2) is 67.0 Å². The van der Waals surface area contributed by atoms with Crippen molar-refractivity contribution in [3.63, 3.8) is 0 Å². The largest absolute Gasteiger partial charge is 1.00 e. The predicted molar refractivity (Wildman–Crippen MR) is 108 cm³/mol. The molecule has 1 heterocycles. The molecule has 0 bridgehead atoms. The topological polar surface area (TPSA) is 43.4 Å². The van der Waals surface area contributed by atoms with E-state index >= 15 is 0 Å². The van der Waals surface area contributed by atoms with Crippen LogP contribution in [0.25, 0.3) is 0 Å². The molecular weight excluding hydrogens is 395 g/mol. The van der Waals surface area contributed by atoms with Crippen molar-refractivity contribution in [2.24, 2.45) is 0 Å². The van der Waals surface area contributed by atoms with Gasteiger partial charge < -0.3 is 27.2 Å². The zero-order valence-electron chi connectivity index (χ0n) is 15.7. The Morgan fingerprint density at radius 1 is 0.893 bits per heavy atom. The van der Waals surface area contributed by atoms with E-state index in [0.29, 0.717) is 13.2 Å². The summed E-state index contributed by atoms with van der Waals surface area (Å²) in [5.74, 6) is 1.50. The molecule has 0 radical (unpaired) electrons. The van der Waals surface area contributed by atoms with Crippen LogP contribution in [0.1, 0.15) is 23.6 Å². The van der Waals surface area contributed by atoms with Crippen LogP contribution in [0.4, 0.5) is 0 Å². The number of aromatic nitrogens is 1. The van der Waals surface area contributed by atoms with Gasteiger partial charge >= 0.3 is 0 Å². The Bertz CT molecular complexity index is 843. The smallest absolute Gasteiger partial charge is 0.161 e. The van der Waals surface area contributed by atoms with Gasteiger partial charge in [-0.1, -0.05) is 35.9 Å². The lowest BCUT2D eigenvalue weighted by atomic mass is 10.2. The highest BCUT2D eigenvalue weighted by Gasteiger charge is 2.07. The molecule has 28 heavy (non-hydrogen) atoms. The zero-order valence-corrected chi connectivity index (χ0v) is 17.2. The third-order valence-electron chi connectivity index (χ3n) is 4.00. The SMILES string of the molecule is CCOc1cc(CNCc2cccnc2)ccc1OCc1ccc(Cl)cc1.[Cl-]. The fourth-order valence-corrected chi connectivity index (χ4v) is 2.77. The molecule has 0 aliphatic carbocycles. The first-order valence-electron chi connectivity index (χ1n) is 8.97. The highest BCUT2D eigenvalue weighted by Crippen LogP contribution is 2.29. The van der Waals surface area contributed by atoms with E-state index < -0.39 is 0 Å². The summed E-state index contributed by atoms with van der Waals surface area (Å²) in [6.07, 6.45) is 3.65. The number of hydrogen-bond acceptors (Lipinski definition) is 4. The van der Waals surface area contributed by atoms with Gasteiger partial charge in [-0.3, -0.25) is 4.98 Å². The molecule has 3 rings (SSSR count). The number of benzene rings is 2. The Morgan fingerprint density at radius 3 is 2.36 bits per heavy atom. The first-order chi connectivity index (χ1) is 13.2. The number of halogens is 2. The third-order valence-corrected chi connectivity index (χ3v) is 4.25. The monoisotopic (exact) mass is 417 g/mol. The average Bonchev–Trinajstić information content (AvgIpc) is 2.70. The van der Waals surface area contributed by atoms with E-state index in [1.807, 2.05) is 55.6 Å². The van der Waals surface area contributed by atoms with E-state index in [-0.39, 0.29) is 12.4 Å². The summed E-state index contributed by atoms with van der Waals surface area (Å²) in [6.45, 7) is 4.54. The lowest BCUT2D eigenvalue weighted by molar-refractivity contribution is -0.00000624. The van der Waals surface area contributed by atoms with Gasteiger partial charge in [-0.2, -0.15) is 0 Å². The minimum atomic E-state index is 0. The lowest BCUT2D eigenvalue weighted by Crippen LogP contribution is -3.00. The molecule has 4 nitrogen and oxygen atoms in total. The first-order valence-corrected chi connectivity index (χ1v) is 9.35. The van der Waals surface area contributed by atoms with Crippen molar-refractivity contribution in [1.29, 1.82) is 0 Å². The van der Waals surface area contributed by atoms with E-state index in [1.54, 1.807) is 6.20 Å². The van der Waals surface area contributed by atoms with Crippen LogP contribution in [0.5, 0.6) is 11.5 Å². The van der Waals surface area contributed by atoms with Crippen LogP contribution in [-0.4, -0.2) is 11.6 Å². The summed E-state index contributed by atoms with van der Waals surface area (Å²) in [4.78, 5) is 4.13. The number of nitrogens with zero attached hydrogens (tertiary/aromatic N) is 1. The molecule has 0 atom stereocenters. The average molecular weight is 418 g/mol. The Kier molecular flexibility index (Phi) is 9.08. The molecule has 0 aliphatic heterocycles. The molecule has 0 fully saturated rings. The van der Waals surface area contributed by atoms with E-state index in [4.69, 9.17) is 21.1 Å². The summed E-state index contributed by atoms with van der Waals surface area (Å²) < 4.78 is 11.7. The lowest BCUT2D eigenvalue weighted by Gasteiger charge is -2.14. The fourth-order valence-electron chi connectivity index (χ4n) is 2.65. The molecule has 2 aromatic carbocycles. The molecule has 0 aliphatic rings. The Hall–Kier alpha value is -2.27. The van der Waals surface area contributed by atoms with Gasteiger partial charge in [0.25, 0.3) is 0 Å². The molecule has 0 saturated carbocycles. The Morgan fingerprint density at radius 2 is 1.64 bits per heavy atom. The Labute approximate surface area is 177 Å². The second kappa shape index (κ2) is 11.5. The van der Waals surface area contributed by atoms with Gasteiger partial charge in [0.1, 0.15) is 6.61 Å². The maximum Gasteiger partial charge on any atom is 0.161 e. The normalized spacial score (nSPS) is 10.2. The molecule has 3 aromatic rings. The van der Waals surface area contributed by atoms with Gasteiger partial charge in [0.05, 0.1) is 6.61 Å². The minimum absolute atomic E-state index is 0. The van der Waals surface area contributed by atoms with Gasteiger partial charge in [-0.15, -0.1) is 0 Å². The van der Waals surface area contributed by atoms with E-state index in [9.17, 15) is 0 Å². The van der Waals surface area contributed by atoms with Crippen LogP contribution < -0.4 is 27.2 Å². The van der Waals surface area contributed by atoms with Crippen molar-refractivity contribution >= 4 is 11.6 Å². The van der Waals surface area contributed by atoms with E-state index in [1.165, 1.54) is 0 Å². The number of hydrogen-bond donors (Lipinski definition) is 1. The fraction of sp³-hybridized carbons (Fsp3) is 0.227. The minimum Gasteiger partial charge on any atom is -1.00 e. The molecule has 0 spiro atoms. The maximum atomic E-state index is 5.95. The van der Waals surface area contributed by atoms with Crippen LogP contribution in [0.2, 0.25) is 5.02 Å². The second-order valence-corrected chi connectivity index (χ2v) is 6.53.